The summed E-state index contributed by atoms with van der Waals surface area (Å²) < 4.78 is 92.0. The molecule has 0 radical (unpaired) electrons. The molecule has 1 saturated heterocycles. The van der Waals surface area contributed by atoms with Crippen LogP contribution >= 0.6 is 0 Å². The first kappa shape index (κ1) is 35.6. The van der Waals surface area contributed by atoms with Gasteiger partial charge in [-0.3, -0.25) is 9.52 Å². The van der Waals surface area contributed by atoms with Crippen LogP contribution in [0.5, 0.6) is 0 Å². The summed E-state index contributed by atoms with van der Waals surface area (Å²) in [7, 11) is -2.90. The van der Waals surface area contributed by atoms with Crippen molar-refractivity contribution in [2.75, 3.05) is 49.4 Å². The van der Waals surface area contributed by atoms with Gasteiger partial charge in [0.25, 0.3) is 6.43 Å². The van der Waals surface area contributed by atoms with Gasteiger partial charge in [0.1, 0.15) is 17.1 Å². The summed E-state index contributed by atoms with van der Waals surface area (Å²) in [6, 6.07) is 9.18. The highest BCUT2D eigenvalue weighted by Crippen LogP contribution is 2.35. The van der Waals surface area contributed by atoms with Crippen LogP contribution in [0.25, 0.3) is 22.2 Å². The number of fused-ring (bicyclic) bond motifs is 1. The van der Waals surface area contributed by atoms with Crippen LogP contribution < -0.4 is 9.62 Å². The van der Waals surface area contributed by atoms with Gasteiger partial charge in [-0.1, -0.05) is 13.0 Å². The lowest BCUT2D eigenvalue weighted by Crippen LogP contribution is -2.50. The number of hydrogen-bond acceptors (Lipinski definition) is 7. The Balaban J connectivity index is 1.39. The minimum absolute atomic E-state index is 0.0796. The molecule has 1 amide bonds. The third-order valence-electron chi connectivity index (χ3n) is 8.00. The zero-order valence-corrected chi connectivity index (χ0v) is 28.3. The van der Waals surface area contributed by atoms with Gasteiger partial charge < -0.3 is 19.5 Å². The number of hydrogen-bond donors (Lipinski definition) is 2. The number of benzene rings is 2. The van der Waals surface area contributed by atoms with E-state index < -0.39 is 57.0 Å². The molecular formula is C33H36F4N6O5S. The van der Waals surface area contributed by atoms with Crippen molar-refractivity contribution >= 4 is 44.5 Å². The van der Waals surface area contributed by atoms with Crippen LogP contribution in [0.15, 0.2) is 48.7 Å². The number of ether oxygens (including phenoxy) is 1. The van der Waals surface area contributed by atoms with Gasteiger partial charge in [-0.15, -0.1) is 0 Å². The average molecular weight is 705 g/mol. The Morgan fingerprint density at radius 3 is 2.37 bits per heavy atom. The van der Waals surface area contributed by atoms with E-state index in [2.05, 4.69) is 9.97 Å². The fourth-order valence-electron chi connectivity index (χ4n) is 5.31. The number of rotatable bonds is 9. The van der Waals surface area contributed by atoms with E-state index in [9.17, 15) is 31.2 Å². The highest BCUT2D eigenvalue weighted by molar-refractivity contribution is 7.90. The minimum atomic E-state index is -4.16. The lowest BCUT2D eigenvalue weighted by atomic mass is 10.0. The normalized spacial score (nSPS) is 14.2. The Kier molecular flexibility index (Phi) is 9.93. The molecule has 2 aromatic carbocycles. The molecule has 0 unspecified atom stereocenters. The minimum Gasteiger partial charge on any atom is -0.444 e. The molecule has 4 aromatic rings. The van der Waals surface area contributed by atoms with Crippen molar-refractivity contribution in [2.24, 2.45) is 0 Å². The first-order valence-corrected chi connectivity index (χ1v) is 16.8. The molecule has 3 heterocycles. The number of aromatic amines is 1. The molecule has 0 atom stereocenters. The van der Waals surface area contributed by atoms with Crippen LogP contribution in [0, 0.1) is 11.6 Å². The fraction of sp³-hybridized carbons (Fsp3) is 0.364. The number of pyridine rings is 1. The van der Waals surface area contributed by atoms with Crippen molar-refractivity contribution in [3.8, 4) is 11.1 Å². The maximum absolute atomic E-state index is 15.4. The van der Waals surface area contributed by atoms with Crippen molar-refractivity contribution in [1.29, 1.82) is 0 Å². The predicted molar refractivity (Wildman–Crippen MR) is 177 cm³/mol. The van der Waals surface area contributed by atoms with E-state index in [0.29, 0.717) is 48.4 Å². The largest absolute Gasteiger partial charge is 0.444 e. The van der Waals surface area contributed by atoms with Crippen molar-refractivity contribution in [3.63, 3.8) is 0 Å². The maximum Gasteiger partial charge on any atom is 0.410 e. The number of aromatic nitrogens is 2. The molecule has 2 aromatic heterocycles. The third-order valence-corrected chi connectivity index (χ3v) is 9.55. The zero-order chi connectivity index (χ0) is 35.8. The van der Waals surface area contributed by atoms with Crippen LogP contribution in [0.3, 0.4) is 0 Å². The van der Waals surface area contributed by atoms with Crippen LogP contribution in [-0.2, 0) is 14.9 Å². The monoisotopic (exact) mass is 704 g/mol. The summed E-state index contributed by atoms with van der Waals surface area (Å²) in [6.45, 7) is 8.22. The molecule has 11 nitrogen and oxygen atoms in total. The second-order valence-electron chi connectivity index (χ2n) is 12.5. The van der Waals surface area contributed by atoms with Gasteiger partial charge in [-0.05, 0) is 62.7 Å². The fourth-order valence-corrected chi connectivity index (χ4v) is 6.24. The average Bonchev–Trinajstić information content (AvgIpc) is 3.48. The first-order valence-electron chi connectivity index (χ1n) is 15.4. The van der Waals surface area contributed by atoms with E-state index in [4.69, 9.17) is 4.74 Å². The molecule has 1 fully saturated rings. The predicted octanol–water partition coefficient (Wildman–Crippen LogP) is 6.34. The molecule has 5 rings (SSSR count). The highest BCUT2D eigenvalue weighted by atomic mass is 32.2. The van der Waals surface area contributed by atoms with Crippen molar-refractivity contribution in [1.82, 2.24) is 19.2 Å². The summed E-state index contributed by atoms with van der Waals surface area (Å²) in [6.07, 6.45) is -1.85. The van der Waals surface area contributed by atoms with Crippen LogP contribution in [-0.4, -0.2) is 84.8 Å². The second-order valence-corrected chi connectivity index (χ2v) is 14.3. The van der Waals surface area contributed by atoms with Gasteiger partial charge in [0.05, 0.1) is 16.9 Å². The molecule has 0 saturated carbocycles. The number of H-pyrrole nitrogens is 1. The number of ketones is 1. The Bertz CT molecular complexity index is 2010. The van der Waals surface area contributed by atoms with Gasteiger partial charge in [0.2, 0.25) is 5.78 Å². The lowest BCUT2D eigenvalue weighted by Gasteiger charge is -2.37. The van der Waals surface area contributed by atoms with E-state index in [-0.39, 0.29) is 23.4 Å². The van der Waals surface area contributed by atoms with Crippen molar-refractivity contribution < 1.29 is 40.3 Å². The maximum atomic E-state index is 15.4. The van der Waals surface area contributed by atoms with E-state index >= 15 is 4.39 Å². The van der Waals surface area contributed by atoms with Crippen molar-refractivity contribution in [3.05, 3.63) is 77.1 Å². The smallest absolute Gasteiger partial charge is 0.410 e. The van der Waals surface area contributed by atoms with Crippen molar-refractivity contribution in [2.45, 2.75) is 39.7 Å². The number of anilines is 2. The summed E-state index contributed by atoms with van der Waals surface area (Å²) in [5.41, 5.74) is -1.27. The summed E-state index contributed by atoms with van der Waals surface area (Å²) in [4.78, 5) is 36.1. The third kappa shape index (κ3) is 7.64. The Hall–Kier alpha value is -4.70. The van der Waals surface area contributed by atoms with Gasteiger partial charge in [0.15, 0.2) is 5.82 Å². The number of carbonyl (C=O) groups is 2. The molecule has 16 heteroatoms. The Labute approximate surface area is 281 Å². The number of amides is 1. The van der Waals surface area contributed by atoms with Gasteiger partial charge >= 0.3 is 16.3 Å². The summed E-state index contributed by atoms with van der Waals surface area (Å²) >= 11 is 0. The second kappa shape index (κ2) is 13.7. The highest BCUT2D eigenvalue weighted by Gasteiger charge is 2.29. The van der Waals surface area contributed by atoms with Gasteiger partial charge in [0, 0.05) is 68.2 Å². The summed E-state index contributed by atoms with van der Waals surface area (Å²) in [5, 5.41) is 0.365. The molecule has 0 spiro atoms. The SMILES string of the molecule is CCN(C)S(=O)(=O)Nc1ccc(F)c(C(=O)c2cc3cc(-c4ccc(N5CCN(C(=O)OC(C)(C)C)CC5)c(C(F)F)c4)cnc3[nH]2)c1F. The number of alkyl halides is 2. The molecule has 1 aliphatic rings. The van der Waals surface area contributed by atoms with E-state index in [0.717, 1.165) is 16.4 Å². The topological polar surface area (TPSA) is 128 Å². The molecule has 49 heavy (non-hydrogen) atoms. The molecule has 2 N–H and O–H groups in total. The molecule has 1 aliphatic heterocycles. The number of nitrogens with one attached hydrogen (secondary N) is 2. The lowest BCUT2D eigenvalue weighted by molar-refractivity contribution is 0.0240. The Morgan fingerprint density at radius 1 is 1.04 bits per heavy atom. The number of piperazine rings is 1. The number of carbonyl (C=O) groups excluding carboxylic acids is 2. The van der Waals surface area contributed by atoms with Gasteiger partial charge in [-0.25, -0.2) is 27.3 Å². The number of nitrogens with zero attached hydrogens (tertiary/aromatic N) is 4. The number of halogens is 4. The molecule has 262 valence electrons. The quantitative estimate of drug-likeness (QED) is 0.154. The summed E-state index contributed by atoms with van der Waals surface area (Å²) in [5.74, 6) is -3.68. The van der Waals surface area contributed by atoms with Gasteiger partial charge in [-0.2, -0.15) is 12.7 Å². The molecular weight excluding hydrogens is 668 g/mol. The van der Waals surface area contributed by atoms with E-state index in [1.165, 1.54) is 25.4 Å². The Morgan fingerprint density at radius 2 is 1.73 bits per heavy atom. The standard InChI is InChI=1S/C33H36F4N6O5S/c1-6-41(5)49(46,47)40-24-9-8-23(34)27(28(24)35)29(44)25-17-20-15-21(18-38-31(20)39-25)19-7-10-26(22(16-19)30(36)37)42-11-13-43(14-12-42)32(45)48-33(2,3)4/h7-10,15-18,30,40H,6,11-14H2,1-5H3,(H,38,39). The zero-order valence-electron chi connectivity index (χ0n) is 27.5. The van der Waals surface area contributed by atoms with Crippen LogP contribution in [0.4, 0.5) is 33.7 Å². The van der Waals surface area contributed by atoms with Crippen LogP contribution in [0.1, 0.15) is 55.7 Å². The van der Waals surface area contributed by atoms with E-state index in [1.54, 1.807) is 55.7 Å². The van der Waals surface area contributed by atoms with E-state index in [1.807, 2.05) is 4.72 Å². The van der Waals surface area contributed by atoms with Crippen LogP contribution in [0.2, 0.25) is 0 Å². The molecule has 0 bridgehead atoms. The first-order chi connectivity index (χ1) is 23.0. The molecule has 0 aliphatic carbocycles.